The third-order valence-electron chi connectivity index (χ3n) is 8.92. The quantitative estimate of drug-likeness (QED) is 0.0278. The van der Waals surface area contributed by atoms with Gasteiger partial charge in [0.05, 0.1) is 38.1 Å². The molecule has 318 valence electrons. The molecule has 0 heterocycles. The van der Waals surface area contributed by atoms with Crippen molar-refractivity contribution in [2.24, 2.45) is 11.8 Å². The van der Waals surface area contributed by atoms with Crippen LogP contribution in [0.25, 0.3) is 6.08 Å². The Morgan fingerprint density at radius 3 is 2.55 bits per heavy atom. The molecule has 0 bridgehead atoms. The molecule has 2 aromatic carbocycles. The number of hydrogen-bond acceptors (Lipinski definition) is 13. The highest BCUT2D eigenvalue weighted by molar-refractivity contribution is 5.87. The monoisotopic (exact) mass is 822 g/mol. The van der Waals surface area contributed by atoms with E-state index in [4.69, 9.17) is 18.9 Å². The van der Waals surface area contributed by atoms with Crippen LogP contribution in [0.1, 0.15) is 61.6 Å². The number of ether oxygens (including phenoxy) is 4. The van der Waals surface area contributed by atoms with E-state index in [1.807, 2.05) is 12.2 Å². The third-order valence-corrected chi connectivity index (χ3v) is 8.92. The van der Waals surface area contributed by atoms with Crippen molar-refractivity contribution in [2.75, 3.05) is 33.5 Å². The first-order chi connectivity index (χ1) is 27.7. The lowest BCUT2D eigenvalue weighted by Gasteiger charge is -2.19. The largest absolute Gasteiger partial charge is 0.496 e. The topological polar surface area (TPSA) is 213 Å². The van der Waals surface area contributed by atoms with Gasteiger partial charge in [0.2, 0.25) is 5.91 Å². The summed E-state index contributed by atoms with van der Waals surface area (Å²) in [7, 11) is 1.43. The molecule has 1 fully saturated rings. The number of carbonyl (C=O) groups is 3. The number of amides is 1. The highest BCUT2D eigenvalue weighted by atomic mass is 19.4. The third kappa shape index (κ3) is 17.4. The molecule has 0 radical (unpaired) electrons. The minimum absolute atomic E-state index is 0.0503. The van der Waals surface area contributed by atoms with Crippen LogP contribution in [0.3, 0.4) is 0 Å². The number of allylic oxidation sites excluding steroid dienone is 2. The maximum Gasteiger partial charge on any atom is 0.416 e. The van der Waals surface area contributed by atoms with Crippen LogP contribution < -0.4 is 14.8 Å². The summed E-state index contributed by atoms with van der Waals surface area (Å²) < 4.78 is 59.8. The van der Waals surface area contributed by atoms with Crippen molar-refractivity contribution in [3.05, 3.63) is 99.6 Å². The van der Waals surface area contributed by atoms with Crippen molar-refractivity contribution >= 4 is 23.9 Å². The fourth-order valence-corrected chi connectivity index (χ4v) is 5.89. The molecule has 15 nitrogen and oxygen atoms in total. The lowest BCUT2D eigenvalue weighted by molar-refractivity contribution is -0.757. The number of alkyl halides is 3. The predicted octanol–water partition coefficient (Wildman–Crippen LogP) is 4.89. The molecule has 1 aliphatic rings. The van der Waals surface area contributed by atoms with E-state index in [0.717, 1.165) is 12.1 Å². The Balaban J connectivity index is 1.32. The van der Waals surface area contributed by atoms with E-state index >= 15 is 0 Å². The van der Waals surface area contributed by atoms with E-state index in [1.165, 1.54) is 37.5 Å². The second-order valence-electron chi connectivity index (χ2n) is 13.3. The lowest BCUT2D eigenvalue weighted by atomic mass is 9.89. The molecule has 58 heavy (non-hydrogen) atoms. The summed E-state index contributed by atoms with van der Waals surface area (Å²) in [5.41, 5.74) is 0.286. The number of nitrogens with zero attached hydrogens (tertiary/aromatic N) is 1. The zero-order chi connectivity index (χ0) is 42.5. The van der Waals surface area contributed by atoms with E-state index < -0.39 is 53.0 Å². The summed E-state index contributed by atoms with van der Waals surface area (Å²) in [5.74, 6) is -2.10. The van der Waals surface area contributed by atoms with Crippen LogP contribution in [0.15, 0.2) is 72.8 Å². The highest BCUT2D eigenvalue weighted by Crippen LogP contribution is 2.36. The Morgan fingerprint density at radius 2 is 1.81 bits per heavy atom. The Morgan fingerprint density at radius 1 is 1.03 bits per heavy atom. The minimum Gasteiger partial charge on any atom is -0.496 e. The number of benzene rings is 2. The van der Waals surface area contributed by atoms with Gasteiger partial charge in [-0.1, -0.05) is 42.5 Å². The van der Waals surface area contributed by atoms with Crippen LogP contribution in [0.2, 0.25) is 0 Å². The number of nitrogens with one attached hydrogen (secondary N) is 1. The maximum absolute atomic E-state index is 12.9. The first kappa shape index (κ1) is 46.9. The van der Waals surface area contributed by atoms with Crippen LogP contribution in [-0.2, 0) is 41.5 Å². The predicted molar refractivity (Wildman–Crippen MR) is 201 cm³/mol. The van der Waals surface area contributed by atoms with Crippen molar-refractivity contribution in [3.8, 4) is 11.5 Å². The van der Waals surface area contributed by atoms with Gasteiger partial charge in [0.1, 0.15) is 37.4 Å². The van der Waals surface area contributed by atoms with Crippen molar-refractivity contribution in [1.29, 1.82) is 0 Å². The molecule has 0 unspecified atom stereocenters. The summed E-state index contributed by atoms with van der Waals surface area (Å²) in [6, 6.07) is 9.27. The highest BCUT2D eigenvalue weighted by Gasteiger charge is 2.39. The number of carbonyl (C=O) groups excluding carboxylic acids is 3. The Labute approximate surface area is 333 Å². The fourth-order valence-electron chi connectivity index (χ4n) is 5.89. The molecule has 4 N–H and O–H groups in total. The second-order valence-corrected chi connectivity index (χ2v) is 13.3. The van der Waals surface area contributed by atoms with Gasteiger partial charge < -0.3 is 44.4 Å². The molecule has 5 atom stereocenters. The maximum atomic E-state index is 12.9. The Kier molecular flexibility index (Phi) is 19.7. The van der Waals surface area contributed by atoms with E-state index in [2.05, 4.69) is 10.2 Å². The number of aliphatic hydroxyl groups excluding tert-OH is 3. The van der Waals surface area contributed by atoms with Gasteiger partial charge in [-0.3, -0.25) is 9.59 Å². The zero-order valence-corrected chi connectivity index (χ0v) is 31.9. The minimum atomic E-state index is -4.53. The van der Waals surface area contributed by atoms with E-state index in [0.29, 0.717) is 49.0 Å². The van der Waals surface area contributed by atoms with Gasteiger partial charge in [0.15, 0.2) is 0 Å². The Bertz CT molecular complexity index is 1730. The van der Waals surface area contributed by atoms with E-state index in [1.54, 1.807) is 24.3 Å². The molecule has 0 spiro atoms. The number of rotatable bonds is 24. The van der Waals surface area contributed by atoms with Gasteiger partial charge in [-0.2, -0.15) is 13.2 Å². The van der Waals surface area contributed by atoms with Crippen LogP contribution in [0.4, 0.5) is 13.2 Å². The number of methoxy groups -OCH3 is 1. The molecule has 1 amide bonds. The van der Waals surface area contributed by atoms with Gasteiger partial charge in [-0.05, 0) is 73.9 Å². The molecule has 2 aromatic rings. The van der Waals surface area contributed by atoms with Gasteiger partial charge in [-0.15, -0.1) is 10.1 Å². The van der Waals surface area contributed by atoms with Gasteiger partial charge >= 0.3 is 18.1 Å². The standard InChI is InChI=1S/C40H49F3N2O13/c1-54-36-21-27(14-18-38(50)55-19-6-7-20-58-45(52)53)13-15-28(36)25-57-39(51)24-44-37(49)12-5-3-2-4-11-32-33(35(48)23-34(32)47)17-16-30(46)26-56-31-10-8-9-29(22-31)40(41,42)43/h2,4,8-10,13-18,21-22,30,32-35,46-48H,3,5-7,11-12,19-20,23-26H2,1H3,(H,44,49)/b4-2-,17-16+,18-14+/t30-,32-,33-,34+,35-/m1/s1. The molecule has 0 aliphatic heterocycles. The average molecular weight is 823 g/mol. The number of hydrogen-bond donors (Lipinski definition) is 4. The van der Waals surface area contributed by atoms with E-state index in [-0.39, 0.29) is 63.4 Å². The van der Waals surface area contributed by atoms with Gasteiger partial charge in [0, 0.05) is 30.4 Å². The van der Waals surface area contributed by atoms with Crippen molar-refractivity contribution in [3.63, 3.8) is 0 Å². The van der Waals surface area contributed by atoms with Crippen molar-refractivity contribution in [1.82, 2.24) is 5.32 Å². The molecule has 18 heteroatoms. The van der Waals surface area contributed by atoms with Crippen molar-refractivity contribution < 1.29 is 71.7 Å². The number of aliphatic hydroxyl groups is 3. The SMILES string of the molecule is COc1cc(/C=C/C(=O)OCCCCO[N+](=O)[O-])ccc1COC(=O)CNC(=O)CCC/C=C\C[C@@H]1[C@@H](/C=C/[C@@H](O)COc2cccc(C(F)(F)F)c2)[C@H](O)C[C@@H]1O. The molecule has 0 saturated heterocycles. The average Bonchev–Trinajstić information content (AvgIpc) is 3.46. The zero-order valence-electron chi connectivity index (χ0n) is 31.9. The Hall–Kier alpha value is -5.46. The summed E-state index contributed by atoms with van der Waals surface area (Å²) in [6.07, 6.45) is 4.50. The molecule has 1 aliphatic carbocycles. The van der Waals surface area contributed by atoms with Crippen LogP contribution in [0.5, 0.6) is 11.5 Å². The molecular weight excluding hydrogens is 773 g/mol. The first-order valence-electron chi connectivity index (χ1n) is 18.5. The summed E-state index contributed by atoms with van der Waals surface area (Å²) in [4.78, 5) is 50.8. The summed E-state index contributed by atoms with van der Waals surface area (Å²) in [5, 5.41) is 43.1. The van der Waals surface area contributed by atoms with Crippen molar-refractivity contribution in [2.45, 2.75) is 76.0 Å². The van der Waals surface area contributed by atoms with Gasteiger partial charge in [-0.25, -0.2) is 4.79 Å². The van der Waals surface area contributed by atoms with E-state index in [9.17, 15) is 53.0 Å². The second kappa shape index (κ2) is 24.3. The lowest BCUT2D eigenvalue weighted by Crippen LogP contribution is -2.30. The van der Waals surface area contributed by atoms with Crippen LogP contribution in [0, 0.1) is 22.0 Å². The fraction of sp³-hybridized carbons (Fsp3) is 0.475. The number of unbranched alkanes of at least 4 members (excludes halogenated alkanes) is 2. The normalized spacial score (nSPS) is 18.7. The first-order valence-corrected chi connectivity index (χ1v) is 18.5. The van der Waals surface area contributed by atoms with Crippen LogP contribution >= 0.6 is 0 Å². The van der Waals surface area contributed by atoms with Gasteiger partial charge in [0.25, 0.3) is 5.09 Å². The molecule has 0 aromatic heterocycles. The van der Waals surface area contributed by atoms with Crippen LogP contribution in [-0.4, -0.2) is 90.0 Å². The number of halogens is 3. The summed E-state index contributed by atoms with van der Waals surface area (Å²) >= 11 is 0. The summed E-state index contributed by atoms with van der Waals surface area (Å²) in [6.45, 7) is -0.788. The number of esters is 2. The molecule has 1 saturated carbocycles. The smallest absolute Gasteiger partial charge is 0.416 e. The molecular formula is C40H49F3N2O13. The molecule has 3 rings (SSSR count).